The molecule has 3 aromatic heterocycles. The van der Waals surface area contributed by atoms with E-state index in [0.29, 0.717) is 35.9 Å². The summed E-state index contributed by atoms with van der Waals surface area (Å²) in [5.74, 6) is 0.490. The molecule has 0 atom stereocenters. The number of nitrogens with one attached hydrogen (secondary N) is 1. The number of aromatic nitrogens is 4. The Morgan fingerprint density at radius 2 is 1.97 bits per heavy atom. The van der Waals surface area contributed by atoms with Crippen LogP contribution in [0.1, 0.15) is 40.3 Å². The highest BCUT2D eigenvalue weighted by molar-refractivity contribution is 5.86. The molecule has 0 fully saturated rings. The molecule has 0 aliphatic heterocycles. The molecule has 0 aliphatic rings. The van der Waals surface area contributed by atoms with Gasteiger partial charge in [-0.05, 0) is 59.7 Å². The lowest BCUT2D eigenvalue weighted by Gasteiger charge is -2.20. The summed E-state index contributed by atoms with van der Waals surface area (Å²) in [4.78, 5) is 34.9. The van der Waals surface area contributed by atoms with Gasteiger partial charge in [0.1, 0.15) is 11.2 Å². The molecule has 0 spiro atoms. The zero-order valence-electron chi connectivity index (χ0n) is 17.7. The number of carbonyl (C=O) groups is 1. The van der Waals surface area contributed by atoms with Crippen molar-refractivity contribution in [2.45, 2.75) is 53.7 Å². The number of hydrogen-bond donors (Lipinski definition) is 1. The number of anilines is 1. The summed E-state index contributed by atoms with van der Waals surface area (Å²) >= 11 is 0. The fraction of sp³-hybridized carbons (Fsp3) is 0.429. The third-order valence-corrected chi connectivity index (χ3v) is 4.40. The second-order valence-electron chi connectivity index (χ2n) is 7.75. The summed E-state index contributed by atoms with van der Waals surface area (Å²) in [5, 5.41) is 3.86. The topological polar surface area (TPSA) is 91.0 Å². The summed E-state index contributed by atoms with van der Waals surface area (Å²) in [6.45, 7) is 12.3. The van der Waals surface area contributed by atoms with Crippen LogP contribution in [0.3, 0.4) is 0 Å². The van der Waals surface area contributed by atoms with Gasteiger partial charge in [0, 0.05) is 24.7 Å². The molecule has 154 valence electrons. The molecule has 0 aromatic carbocycles. The number of hydrogen-bond acceptors (Lipinski definition) is 6. The fourth-order valence-electron chi connectivity index (χ4n) is 3.17. The maximum atomic E-state index is 13.3. The van der Waals surface area contributed by atoms with E-state index in [9.17, 15) is 9.59 Å². The fourth-order valence-corrected chi connectivity index (χ4v) is 3.17. The first-order chi connectivity index (χ1) is 13.7. The average molecular weight is 397 g/mol. The van der Waals surface area contributed by atoms with Crippen LogP contribution in [0.15, 0.2) is 29.2 Å². The molecule has 8 heteroatoms. The molecule has 0 unspecified atom stereocenters. The van der Waals surface area contributed by atoms with Crippen molar-refractivity contribution in [2.24, 2.45) is 0 Å². The lowest BCUT2D eigenvalue weighted by molar-refractivity contribution is 0.0540. The highest BCUT2D eigenvalue weighted by atomic mass is 16.6. The largest absolute Gasteiger partial charge is 0.443 e. The van der Waals surface area contributed by atoms with Gasteiger partial charge in [-0.1, -0.05) is 0 Å². The highest BCUT2D eigenvalue weighted by Crippen LogP contribution is 2.24. The van der Waals surface area contributed by atoms with Crippen molar-refractivity contribution in [1.29, 1.82) is 0 Å². The van der Waals surface area contributed by atoms with Crippen molar-refractivity contribution in [3.63, 3.8) is 0 Å². The lowest BCUT2D eigenvalue weighted by atomic mass is 10.1. The van der Waals surface area contributed by atoms with Gasteiger partial charge in [-0.2, -0.15) is 4.98 Å². The van der Waals surface area contributed by atoms with Gasteiger partial charge in [0.15, 0.2) is 0 Å². The van der Waals surface area contributed by atoms with Gasteiger partial charge in [-0.15, -0.1) is 0 Å². The molecule has 0 bridgehead atoms. The SMILES string of the molecule is CCNc1nc(C)c2cc(-c3cccn3C(=O)OC(C)(C)C)c(=O)n(CC)c2n1. The Balaban J connectivity index is 2.23. The van der Waals surface area contributed by atoms with Crippen molar-refractivity contribution in [2.75, 3.05) is 11.9 Å². The van der Waals surface area contributed by atoms with Crippen molar-refractivity contribution < 1.29 is 9.53 Å². The van der Waals surface area contributed by atoms with Gasteiger partial charge in [-0.25, -0.2) is 9.78 Å². The van der Waals surface area contributed by atoms with Crippen molar-refractivity contribution in [3.8, 4) is 11.3 Å². The number of ether oxygens (including phenoxy) is 1. The van der Waals surface area contributed by atoms with Crippen LogP contribution in [0.2, 0.25) is 0 Å². The van der Waals surface area contributed by atoms with E-state index in [1.807, 2.05) is 20.8 Å². The highest BCUT2D eigenvalue weighted by Gasteiger charge is 2.22. The molecule has 29 heavy (non-hydrogen) atoms. The monoisotopic (exact) mass is 397 g/mol. The first kappa shape index (κ1) is 20.6. The van der Waals surface area contributed by atoms with Crippen LogP contribution in [0.4, 0.5) is 10.7 Å². The Bertz CT molecular complexity index is 1120. The summed E-state index contributed by atoms with van der Waals surface area (Å²) in [6.07, 6.45) is 1.07. The minimum absolute atomic E-state index is 0.218. The van der Waals surface area contributed by atoms with Crippen LogP contribution in [0.5, 0.6) is 0 Å². The first-order valence-corrected chi connectivity index (χ1v) is 9.73. The number of fused-ring (bicyclic) bond motifs is 1. The van der Waals surface area contributed by atoms with Crippen LogP contribution in [0.25, 0.3) is 22.3 Å². The predicted molar refractivity (Wildman–Crippen MR) is 113 cm³/mol. The van der Waals surface area contributed by atoms with E-state index in [2.05, 4.69) is 15.3 Å². The first-order valence-electron chi connectivity index (χ1n) is 9.73. The quantitative estimate of drug-likeness (QED) is 0.720. The van der Waals surface area contributed by atoms with Crippen molar-refractivity contribution in [3.05, 3.63) is 40.4 Å². The van der Waals surface area contributed by atoms with E-state index in [0.717, 1.165) is 11.1 Å². The smallest absolute Gasteiger partial charge is 0.418 e. The molecule has 0 aliphatic carbocycles. The molecule has 3 heterocycles. The number of aryl methyl sites for hydroxylation is 2. The Kier molecular flexibility index (Phi) is 5.46. The summed E-state index contributed by atoms with van der Waals surface area (Å²) < 4.78 is 8.44. The van der Waals surface area contributed by atoms with Crippen LogP contribution in [-0.2, 0) is 11.3 Å². The minimum Gasteiger partial charge on any atom is -0.443 e. The summed E-state index contributed by atoms with van der Waals surface area (Å²) in [6, 6.07) is 5.21. The molecule has 3 aromatic rings. The van der Waals surface area contributed by atoms with Crippen LogP contribution in [0, 0.1) is 6.92 Å². The third-order valence-electron chi connectivity index (χ3n) is 4.40. The van der Waals surface area contributed by atoms with E-state index in [-0.39, 0.29) is 5.56 Å². The molecular formula is C21H27N5O3. The lowest BCUT2D eigenvalue weighted by Crippen LogP contribution is -2.28. The Labute approximate surface area is 169 Å². The normalized spacial score (nSPS) is 11.7. The summed E-state index contributed by atoms with van der Waals surface area (Å²) in [5.41, 5.74) is 1.34. The molecule has 1 N–H and O–H groups in total. The van der Waals surface area contributed by atoms with Gasteiger partial charge in [0.05, 0.1) is 17.0 Å². The van der Waals surface area contributed by atoms with Gasteiger partial charge in [-0.3, -0.25) is 13.9 Å². The van der Waals surface area contributed by atoms with Crippen LogP contribution in [-0.4, -0.2) is 37.3 Å². The maximum Gasteiger partial charge on any atom is 0.418 e. The number of nitrogens with zero attached hydrogens (tertiary/aromatic N) is 4. The van der Waals surface area contributed by atoms with Gasteiger partial charge in [0.2, 0.25) is 5.95 Å². The molecule has 0 saturated carbocycles. The Morgan fingerprint density at radius 1 is 1.24 bits per heavy atom. The van der Waals surface area contributed by atoms with Crippen LogP contribution < -0.4 is 10.9 Å². The zero-order valence-corrected chi connectivity index (χ0v) is 17.7. The maximum absolute atomic E-state index is 13.3. The average Bonchev–Trinajstić information content (AvgIpc) is 3.10. The molecule has 0 saturated heterocycles. The van der Waals surface area contributed by atoms with Crippen LogP contribution >= 0.6 is 0 Å². The molecule has 0 radical (unpaired) electrons. The van der Waals surface area contributed by atoms with E-state index in [1.54, 1.807) is 49.7 Å². The number of rotatable bonds is 4. The molecular weight excluding hydrogens is 370 g/mol. The Hall–Kier alpha value is -3.16. The molecule has 8 nitrogen and oxygen atoms in total. The van der Waals surface area contributed by atoms with E-state index in [4.69, 9.17) is 4.74 Å². The van der Waals surface area contributed by atoms with Gasteiger partial charge in [0.25, 0.3) is 5.56 Å². The molecule has 3 rings (SSSR count). The van der Waals surface area contributed by atoms with E-state index in [1.165, 1.54) is 4.57 Å². The number of pyridine rings is 1. The number of carbonyl (C=O) groups excluding carboxylic acids is 1. The summed E-state index contributed by atoms with van der Waals surface area (Å²) in [7, 11) is 0. The van der Waals surface area contributed by atoms with Crippen molar-refractivity contribution >= 4 is 23.1 Å². The third kappa shape index (κ3) is 4.01. The van der Waals surface area contributed by atoms with E-state index < -0.39 is 11.7 Å². The second-order valence-corrected chi connectivity index (χ2v) is 7.75. The second kappa shape index (κ2) is 7.69. The van der Waals surface area contributed by atoms with Crippen molar-refractivity contribution in [1.82, 2.24) is 19.1 Å². The molecule has 0 amide bonds. The van der Waals surface area contributed by atoms with E-state index >= 15 is 0 Å². The standard InChI is InChI=1S/C21H27N5O3/c1-7-22-19-23-13(3)14-12-15(18(27)25(8-2)17(14)24-19)16-10-9-11-26(16)20(28)29-21(4,5)6/h9-12H,7-8H2,1-6H3,(H,22,23,24). The van der Waals surface area contributed by atoms with Gasteiger partial charge >= 0.3 is 6.09 Å². The zero-order chi connectivity index (χ0) is 21.3. The Morgan fingerprint density at radius 3 is 2.59 bits per heavy atom. The minimum atomic E-state index is -0.640. The predicted octanol–water partition coefficient (Wildman–Crippen LogP) is 3.80. The van der Waals surface area contributed by atoms with Gasteiger partial charge < -0.3 is 10.1 Å².